The number of alkyl halides is 3. The molecule has 0 aromatic heterocycles. The number of hydrogen-bond acceptors (Lipinski definition) is 8. The SMILES string of the molecule is BC(O)(O)Oc1cc(OC(F)(F)F)ccc1Oc1cc2c(cc1C(=O)O)OCCO2. The molecule has 1 aliphatic heterocycles. The standard InChI is InChI=1S/C17H14BF3O9/c18-16(24,25)30-14-5-8(29-17(19,20)21)1-2-10(14)28-11-7-13-12(26-3-4-27-13)6-9(11)15(22)23/h1-2,5-7,24-25H,3-4,18H2,(H,22,23). The van der Waals surface area contributed by atoms with Crippen LogP contribution in [0.2, 0.25) is 0 Å². The van der Waals surface area contributed by atoms with E-state index in [0.717, 1.165) is 26.0 Å². The van der Waals surface area contributed by atoms with Gasteiger partial charge in [-0.25, -0.2) is 4.79 Å². The van der Waals surface area contributed by atoms with E-state index in [1.165, 1.54) is 6.07 Å². The molecule has 160 valence electrons. The van der Waals surface area contributed by atoms with E-state index in [4.69, 9.17) is 18.9 Å². The van der Waals surface area contributed by atoms with Crippen LogP contribution in [-0.4, -0.2) is 54.6 Å². The lowest BCUT2D eigenvalue weighted by Gasteiger charge is -2.23. The molecule has 30 heavy (non-hydrogen) atoms. The van der Waals surface area contributed by atoms with Crippen molar-refractivity contribution in [3.05, 3.63) is 35.9 Å². The van der Waals surface area contributed by atoms with Gasteiger partial charge in [0, 0.05) is 18.2 Å². The van der Waals surface area contributed by atoms with Crippen LogP contribution in [0.5, 0.6) is 34.5 Å². The van der Waals surface area contributed by atoms with Crippen LogP contribution in [0.1, 0.15) is 10.4 Å². The van der Waals surface area contributed by atoms with Crippen molar-refractivity contribution < 1.29 is 57.0 Å². The molecule has 0 aliphatic carbocycles. The Morgan fingerprint density at radius 2 is 1.60 bits per heavy atom. The van der Waals surface area contributed by atoms with E-state index >= 15 is 0 Å². The van der Waals surface area contributed by atoms with Crippen molar-refractivity contribution in [2.45, 2.75) is 12.2 Å². The Morgan fingerprint density at radius 3 is 2.17 bits per heavy atom. The van der Waals surface area contributed by atoms with E-state index in [9.17, 15) is 33.3 Å². The summed E-state index contributed by atoms with van der Waals surface area (Å²) in [7, 11) is 0.806. The number of rotatable bonds is 6. The summed E-state index contributed by atoms with van der Waals surface area (Å²) in [6.45, 7) is 0.431. The number of carboxylic acid groups (broad SMARTS) is 1. The zero-order valence-electron chi connectivity index (χ0n) is 15.2. The van der Waals surface area contributed by atoms with Gasteiger partial charge < -0.3 is 39.0 Å². The maximum atomic E-state index is 12.5. The average Bonchev–Trinajstić information content (AvgIpc) is 2.60. The van der Waals surface area contributed by atoms with Gasteiger partial charge in [-0.05, 0) is 12.1 Å². The van der Waals surface area contributed by atoms with Gasteiger partial charge >= 0.3 is 12.3 Å². The highest BCUT2D eigenvalue weighted by atomic mass is 19.4. The molecule has 0 atom stereocenters. The van der Waals surface area contributed by atoms with Crippen LogP contribution < -0.4 is 23.7 Å². The second-order valence-corrected chi connectivity index (χ2v) is 6.09. The normalized spacial score (nSPS) is 13.5. The van der Waals surface area contributed by atoms with E-state index in [0.29, 0.717) is 6.07 Å². The van der Waals surface area contributed by atoms with Crippen molar-refractivity contribution in [2.75, 3.05) is 13.2 Å². The van der Waals surface area contributed by atoms with Crippen LogP contribution in [0.4, 0.5) is 13.2 Å². The highest BCUT2D eigenvalue weighted by molar-refractivity contribution is 6.12. The maximum absolute atomic E-state index is 12.5. The monoisotopic (exact) mass is 430 g/mol. The minimum Gasteiger partial charge on any atom is -0.486 e. The largest absolute Gasteiger partial charge is 0.573 e. The van der Waals surface area contributed by atoms with Gasteiger partial charge in [0.2, 0.25) is 7.85 Å². The van der Waals surface area contributed by atoms with Gasteiger partial charge in [-0.15, -0.1) is 13.2 Å². The molecule has 0 fully saturated rings. The number of hydrogen-bond donors (Lipinski definition) is 3. The molecule has 2 aromatic carbocycles. The highest BCUT2D eigenvalue weighted by Gasteiger charge is 2.32. The van der Waals surface area contributed by atoms with Gasteiger partial charge in [0.25, 0.3) is 5.87 Å². The van der Waals surface area contributed by atoms with Gasteiger partial charge in [0.1, 0.15) is 30.3 Å². The number of fused-ring (bicyclic) bond motifs is 1. The Morgan fingerprint density at radius 1 is 0.967 bits per heavy atom. The summed E-state index contributed by atoms with van der Waals surface area (Å²) in [6, 6.07) is 4.94. The van der Waals surface area contributed by atoms with E-state index in [1.807, 2.05) is 0 Å². The first-order chi connectivity index (χ1) is 13.9. The van der Waals surface area contributed by atoms with E-state index in [1.54, 1.807) is 0 Å². The third kappa shape index (κ3) is 5.39. The molecule has 0 unspecified atom stereocenters. The first-order valence-electron chi connectivity index (χ1n) is 8.29. The summed E-state index contributed by atoms with van der Waals surface area (Å²) in [5, 5.41) is 28.4. The third-order valence-corrected chi connectivity index (χ3v) is 3.55. The topological polar surface area (TPSA) is 124 Å². The van der Waals surface area contributed by atoms with Crippen molar-refractivity contribution in [1.82, 2.24) is 0 Å². The van der Waals surface area contributed by atoms with Gasteiger partial charge in [0.05, 0.1) is 0 Å². The van der Waals surface area contributed by atoms with Gasteiger partial charge in [0.15, 0.2) is 23.0 Å². The minimum absolute atomic E-state index is 0.176. The summed E-state index contributed by atoms with van der Waals surface area (Å²) < 4.78 is 62.2. The smallest absolute Gasteiger partial charge is 0.486 e. The first kappa shape index (κ1) is 21.4. The highest BCUT2D eigenvalue weighted by Crippen LogP contribution is 2.42. The van der Waals surface area contributed by atoms with Crippen molar-refractivity contribution in [2.24, 2.45) is 0 Å². The molecule has 0 saturated heterocycles. The second kappa shape index (κ2) is 7.84. The van der Waals surface area contributed by atoms with Crippen molar-refractivity contribution >= 4 is 13.8 Å². The molecule has 0 saturated carbocycles. The van der Waals surface area contributed by atoms with Gasteiger partial charge in [-0.2, -0.15) is 0 Å². The summed E-state index contributed by atoms with van der Waals surface area (Å²) in [6.07, 6.45) is -5.01. The summed E-state index contributed by atoms with van der Waals surface area (Å²) in [5.74, 6) is -5.65. The number of aliphatic hydroxyl groups is 2. The zero-order valence-corrected chi connectivity index (χ0v) is 15.2. The Labute approximate surface area is 167 Å². The maximum Gasteiger partial charge on any atom is 0.573 e. The molecule has 0 bridgehead atoms. The summed E-state index contributed by atoms with van der Waals surface area (Å²) in [5.41, 5.74) is -0.337. The lowest BCUT2D eigenvalue weighted by Crippen LogP contribution is -2.35. The lowest BCUT2D eigenvalue weighted by molar-refractivity contribution is -0.274. The zero-order chi connectivity index (χ0) is 22.1. The van der Waals surface area contributed by atoms with Crippen molar-refractivity contribution in [3.63, 3.8) is 0 Å². The minimum atomic E-state index is -5.01. The van der Waals surface area contributed by atoms with Crippen LogP contribution in [0.25, 0.3) is 0 Å². The van der Waals surface area contributed by atoms with Crippen LogP contribution in [-0.2, 0) is 0 Å². The van der Waals surface area contributed by atoms with Gasteiger partial charge in [-0.1, -0.05) is 0 Å². The number of aromatic carboxylic acids is 1. The van der Waals surface area contributed by atoms with Crippen LogP contribution >= 0.6 is 0 Å². The average molecular weight is 430 g/mol. The Hall–Kier alpha value is -3.32. The molecule has 0 spiro atoms. The number of carboxylic acids is 1. The van der Waals surface area contributed by atoms with Crippen LogP contribution in [0, 0.1) is 0 Å². The van der Waals surface area contributed by atoms with Crippen LogP contribution in [0.3, 0.4) is 0 Å². The molecule has 0 radical (unpaired) electrons. The second-order valence-electron chi connectivity index (χ2n) is 6.09. The molecule has 3 N–H and O–H groups in total. The Kier molecular flexibility index (Phi) is 5.59. The number of halogens is 3. The summed E-state index contributed by atoms with van der Waals surface area (Å²) in [4.78, 5) is 11.6. The van der Waals surface area contributed by atoms with E-state index in [2.05, 4.69) is 4.74 Å². The molecule has 2 aromatic rings. The molecule has 13 heteroatoms. The lowest BCUT2D eigenvalue weighted by atomic mass is 10.1. The fourth-order valence-electron chi connectivity index (χ4n) is 2.50. The first-order valence-corrected chi connectivity index (χ1v) is 8.29. The number of ether oxygens (including phenoxy) is 5. The van der Waals surface area contributed by atoms with E-state index in [-0.39, 0.29) is 41.8 Å². The Bertz CT molecular complexity index is 957. The number of carbonyl (C=O) groups is 1. The molecule has 3 rings (SSSR count). The fourth-order valence-corrected chi connectivity index (χ4v) is 2.50. The predicted molar refractivity (Wildman–Crippen MR) is 93.9 cm³/mol. The molecule has 0 amide bonds. The molecular formula is C17H14BF3O9. The number of benzene rings is 2. The van der Waals surface area contributed by atoms with Crippen LogP contribution in [0.15, 0.2) is 30.3 Å². The molecular weight excluding hydrogens is 416 g/mol. The van der Waals surface area contributed by atoms with Crippen molar-refractivity contribution in [1.29, 1.82) is 0 Å². The Balaban J connectivity index is 2.01. The fraction of sp³-hybridized carbons (Fsp3) is 0.235. The third-order valence-electron chi connectivity index (χ3n) is 3.55. The quantitative estimate of drug-likeness (QED) is 0.462. The predicted octanol–water partition coefficient (Wildman–Crippen LogP) is 1.45. The summed E-state index contributed by atoms with van der Waals surface area (Å²) >= 11 is 0. The van der Waals surface area contributed by atoms with Crippen molar-refractivity contribution in [3.8, 4) is 34.5 Å². The molecule has 1 heterocycles. The molecule has 1 aliphatic rings. The van der Waals surface area contributed by atoms with E-state index < -0.39 is 29.7 Å². The van der Waals surface area contributed by atoms with Gasteiger partial charge in [-0.3, -0.25) is 0 Å². The molecule has 9 nitrogen and oxygen atoms in total.